The molecule has 45 heavy (non-hydrogen) atoms. The third kappa shape index (κ3) is 2.41. The van der Waals surface area contributed by atoms with E-state index >= 15 is 0 Å². The molecule has 2 heteroatoms. The van der Waals surface area contributed by atoms with Gasteiger partial charge in [-0.1, -0.05) is 98.8 Å². The summed E-state index contributed by atoms with van der Waals surface area (Å²) in [6.07, 6.45) is 0. The smallest absolute Gasteiger partial charge is 0.0626 e. The van der Waals surface area contributed by atoms with Gasteiger partial charge in [-0.25, -0.2) is 0 Å². The van der Waals surface area contributed by atoms with Crippen molar-refractivity contribution >= 4 is 87.0 Å². The monoisotopic (exact) mass is 570 g/mol. The molecule has 0 aliphatic heterocycles. The van der Waals surface area contributed by atoms with Crippen LogP contribution in [-0.4, -0.2) is 8.80 Å². The number of aromatic nitrogens is 2. The van der Waals surface area contributed by atoms with Crippen molar-refractivity contribution in [3.63, 3.8) is 0 Å². The highest BCUT2D eigenvalue weighted by molar-refractivity contribution is 6.33. The summed E-state index contributed by atoms with van der Waals surface area (Å²) in [5, 5.41) is 13.3. The third-order valence-electron chi connectivity index (χ3n) is 11.3. The average molecular weight is 571 g/mol. The van der Waals surface area contributed by atoms with Gasteiger partial charge in [0.05, 0.1) is 33.1 Å². The summed E-state index contributed by atoms with van der Waals surface area (Å²) in [7, 11) is 0. The molecule has 0 N–H and O–H groups in total. The van der Waals surface area contributed by atoms with E-state index in [1.165, 1.54) is 109 Å². The van der Waals surface area contributed by atoms with Crippen LogP contribution in [0.1, 0.15) is 25.0 Å². The highest BCUT2D eigenvalue weighted by Gasteiger charge is 2.36. The van der Waals surface area contributed by atoms with Crippen LogP contribution in [0.25, 0.3) is 98.1 Å². The Morgan fingerprint density at radius 2 is 1.04 bits per heavy atom. The van der Waals surface area contributed by atoms with Crippen LogP contribution in [0, 0.1) is 0 Å². The van der Waals surface area contributed by atoms with Gasteiger partial charge in [0.25, 0.3) is 0 Å². The van der Waals surface area contributed by atoms with Gasteiger partial charge in [0.1, 0.15) is 0 Å². The van der Waals surface area contributed by atoms with Crippen LogP contribution in [0.15, 0.2) is 121 Å². The lowest BCUT2D eigenvalue weighted by atomic mass is 9.82. The van der Waals surface area contributed by atoms with Crippen LogP contribution in [-0.2, 0) is 5.41 Å². The van der Waals surface area contributed by atoms with E-state index in [0.29, 0.717) is 0 Å². The van der Waals surface area contributed by atoms with Gasteiger partial charge >= 0.3 is 0 Å². The minimum atomic E-state index is -0.0227. The molecular weight excluding hydrogens is 544 g/mol. The van der Waals surface area contributed by atoms with Crippen molar-refractivity contribution in [2.75, 3.05) is 0 Å². The third-order valence-corrected chi connectivity index (χ3v) is 11.3. The quantitative estimate of drug-likeness (QED) is 0.171. The second-order valence-corrected chi connectivity index (χ2v) is 13.7. The van der Waals surface area contributed by atoms with Gasteiger partial charge in [-0.2, -0.15) is 0 Å². The van der Waals surface area contributed by atoms with Crippen LogP contribution < -0.4 is 0 Å². The second-order valence-electron chi connectivity index (χ2n) is 13.7. The Bertz CT molecular complexity index is 3110. The first kappa shape index (κ1) is 22.9. The zero-order valence-corrected chi connectivity index (χ0v) is 24.9. The fourth-order valence-electron chi connectivity index (χ4n) is 9.40. The first-order valence-corrected chi connectivity index (χ1v) is 16.0. The van der Waals surface area contributed by atoms with Gasteiger partial charge in [-0.15, -0.1) is 0 Å². The number of hydrogen-bond acceptors (Lipinski definition) is 0. The lowest BCUT2D eigenvalue weighted by molar-refractivity contribution is 0.661. The van der Waals surface area contributed by atoms with Gasteiger partial charge < -0.3 is 8.80 Å². The number of rotatable bonds is 0. The summed E-state index contributed by atoms with van der Waals surface area (Å²) < 4.78 is 5.09. The summed E-state index contributed by atoms with van der Waals surface area (Å²) >= 11 is 0. The highest BCUT2D eigenvalue weighted by Crippen LogP contribution is 2.52. The first-order chi connectivity index (χ1) is 22.1. The summed E-state index contributed by atoms with van der Waals surface area (Å²) in [5.41, 5.74) is 13.4. The molecule has 0 unspecified atom stereocenters. The molecule has 0 atom stereocenters. The fraction of sp³-hybridized carbons (Fsp3) is 0.0698. The van der Waals surface area contributed by atoms with Crippen LogP contribution in [0.5, 0.6) is 0 Å². The zero-order valence-electron chi connectivity index (χ0n) is 24.9. The van der Waals surface area contributed by atoms with E-state index in [4.69, 9.17) is 0 Å². The molecule has 0 bridgehead atoms. The van der Waals surface area contributed by atoms with E-state index in [-0.39, 0.29) is 5.41 Å². The molecule has 4 heterocycles. The molecule has 0 saturated carbocycles. The molecule has 1 aliphatic carbocycles. The average Bonchev–Trinajstić information content (AvgIpc) is 3.83. The molecule has 0 spiro atoms. The van der Waals surface area contributed by atoms with E-state index < -0.39 is 0 Å². The van der Waals surface area contributed by atoms with Crippen molar-refractivity contribution < 1.29 is 0 Å². The van der Waals surface area contributed by atoms with Gasteiger partial charge in [-0.3, -0.25) is 0 Å². The standard InChI is InChI=1S/C43H26N2/c1-43(2)34-16-7-5-12-25(34)29-21-37-32(20-35(29)43)27-15-9-14-26-30-19-31-33-18-23-10-3-4-11-24(23)40-28-13-6-8-17-36(28)44(42(33)40)39(31)22-38(30)45(37)41(26)27/h3-22H,1-2H3. The number of benzene rings is 7. The summed E-state index contributed by atoms with van der Waals surface area (Å²) in [4.78, 5) is 0. The summed E-state index contributed by atoms with van der Waals surface area (Å²) in [5.74, 6) is 0. The fourth-order valence-corrected chi connectivity index (χ4v) is 9.40. The Morgan fingerprint density at radius 3 is 1.91 bits per heavy atom. The molecule has 0 fully saturated rings. The molecular formula is C43H26N2. The maximum absolute atomic E-state index is 2.56. The van der Waals surface area contributed by atoms with Gasteiger partial charge in [-0.05, 0) is 69.4 Å². The van der Waals surface area contributed by atoms with Crippen molar-refractivity contribution in [3.05, 3.63) is 132 Å². The predicted octanol–water partition coefficient (Wildman–Crippen LogP) is 11.4. The normalized spacial score (nSPS) is 14.6. The minimum Gasteiger partial charge on any atom is -0.308 e. The van der Waals surface area contributed by atoms with Crippen LogP contribution >= 0.6 is 0 Å². The highest BCUT2D eigenvalue weighted by atomic mass is 14.9. The lowest BCUT2D eigenvalue weighted by Gasteiger charge is -2.21. The van der Waals surface area contributed by atoms with E-state index in [1.807, 2.05) is 0 Å². The Labute approximate surface area is 258 Å². The van der Waals surface area contributed by atoms with Crippen molar-refractivity contribution in [3.8, 4) is 11.1 Å². The number of para-hydroxylation sites is 2. The Balaban J connectivity index is 1.31. The minimum absolute atomic E-state index is 0.0227. The predicted molar refractivity (Wildman–Crippen MR) is 191 cm³/mol. The van der Waals surface area contributed by atoms with Crippen LogP contribution in [0.2, 0.25) is 0 Å². The summed E-state index contributed by atoms with van der Waals surface area (Å²) in [6.45, 7) is 4.75. The molecule has 2 nitrogen and oxygen atoms in total. The van der Waals surface area contributed by atoms with Crippen molar-refractivity contribution in [2.24, 2.45) is 0 Å². The summed E-state index contributed by atoms with van der Waals surface area (Å²) in [6, 6.07) is 46.0. The van der Waals surface area contributed by atoms with Gasteiger partial charge in [0.2, 0.25) is 0 Å². The van der Waals surface area contributed by atoms with E-state index in [0.717, 1.165) is 0 Å². The van der Waals surface area contributed by atoms with Gasteiger partial charge in [0.15, 0.2) is 0 Å². The van der Waals surface area contributed by atoms with E-state index in [1.54, 1.807) is 0 Å². The molecule has 0 radical (unpaired) electrons. The van der Waals surface area contributed by atoms with Crippen LogP contribution in [0.3, 0.4) is 0 Å². The molecule has 1 aliphatic rings. The maximum Gasteiger partial charge on any atom is 0.0626 e. The Kier molecular flexibility index (Phi) is 3.66. The first-order valence-electron chi connectivity index (χ1n) is 16.0. The molecule has 4 aromatic heterocycles. The van der Waals surface area contributed by atoms with E-state index in [2.05, 4.69) is 144 Å². The molecule has 11 aromatic rings. The number of fused-ring (bicyclic) bond motifs is 17. The molecule has 7 aromatic carbocycles. The largest absolute Gasteiger partial charge is 0.308 e. The number of nitrogens with zero attached hydrogens (tertiary/aromatic N) is 2. The SMILES string of the molecule is CC1(C)c2ccccc2-c2cc3c(cc21)c1cccc2c4cc5c6cc7ccccc7c7c8ccccc8n(c5cc4n3c12)c67. The second kappa shape index (κ2) is 7.20. The molecule has 208 valence electrons. The van der Waals surface area contributed by atoms with E-state index in [9.17, 15) is 0 Å². The topological polar surface area (TPSA) is 8.82 Å². The maximum atomic E-state index is 2.56. The molecule has 12 rings (SSSR count). The molecule has 0 amide bonds. The van der Waals surface area contributed by atoms with Gasteiger partial charge in [0, 0.05) is 48.5 Å². The Morgan fingerprint density at radius 1 is 0.400 bits per heavy atom. The zero-order chi connectivity index (χ0) is 29.3. The lowest BCUT2D eigenvalue weighted by Crippen LogP contribution is -2.14. The number of hydrogen-bond donors (Lipinski definition) is 0. The van der Waals surface area contributed by atoms with Crippen molar-refractivity contribution in [1.82, 2.24) is 8.80 Å². The van der Waals surface area contributed by atoms with Crippen molar-refractivity contribution in [2.45, 2.75) is 19.3 Å². The van der Waals surface area contributed by atoms with Crippen LogP contribution in [0.4, 0.5) is 0 Å². The Hall–Kier alpha value is -5.60. The molecule has 0 saturated heterocycles. The van der Waals surface area contributed by atoms with Crippen molar-refractivity contribution in [1.29, 1.82) is 0 Å².